The fourth-order valence-electron chi connectivity index (χ4n) is 5.00. The van der Waals surface area contributed by atoms with E-state index in [0.717, 1.165) is 23.7 Å². The van der Waals surface area contributed by atoms with Gasteiger partial charge in [-0.1, -0.05) is 6.07 Å². The quantitative estimate of drug-likeness (QED) is 0.878. The molecule has 3 aliphatic carbocycles. The summed E-state index contributed by atoms with van der Waals surface area (Å²) < 4.78 is 0. The van der Waals surface area contributed by atoms with Gasteiger partial charge in [0.25, 0.3) is 0 Å². The highest BCUT2D eigenvalue weighted by Gasteiger charge is 2.66. The molecule has 98 valence electrons. The van der Waals surface area contributed by atoms with E-state index in [1.54, 1.807) is 11.3 Å². The Labute approximate surface area is 116 Å². The molecule has 3 fully saturated rings. The fraction of sp³-hybridized carbons (Fsp3) is 0.533. The Bertz CT molecular complexity index is 614. The molecule has 2 aromatic rings. The van der Waals surface area contributed by atoms with Crippen molar-refractivity contribution in [2.45, 2.75) is 25.2 Å². The summed E-state index contributed by atoms with van der Waals surface area (Å²) in [6, 6.07) is 4.25. The Morgan fingerprint density at radius 1 is 1.26 bits per heavy atom. The number of H-pyrrole nitrogens is 1. The average Bonchev–Trinajstić information content (AvgIpc) is 2.95. The van der Waals surface area contributed by atoms with E-state index in [-0.39, 0.29) is 0 Å². The van der Waals surface area contributed by atoms with E-state index in [4.69, 9.17) is 5.73 Å². The number of hydrogen-bond acceptors (Lipinski definition) is 3. The molecule has 4 atom stereocenters. The van der Waals surface area contributed by atoms with Crippen LogP contribution in [0.2, 0.25) is 0 Å². The second kappa shape index (κ2) is 3.42. The van der Waals surface area contributed by atoms with E-state index in [9.17, 15) is 0 Å². The smallest absolute Gasteiger partial charge is 0.154 e. The summed E-state index contributed by atoms with van der Waals surface area (Å²) in [5.74, 6) is 5.22. The van der Waals surface area contributed by atoms with Crippen LogP contribution in [0.25, 0.3) is 10.4 Å². The van der Waals surface area contributed by atoms with E-state index >= 15 is 0 Å². The number of rotatable bonds is 2. The van der Waals surface area contributed by atoms with Gasteiger partial charge < -0.3 is 5.73 Å². The van der Waals surface area contributed by atoms with Crippen LogP contribution in [-0.4, -0.2) is 10.2 Å². The molecular weight excluding hydrogens is 254 g/mol. The number of hydrogen-bond donors (Lipinski definition) is 2. The predicted molar refractivity (Wildman–Crippen MR) is 76.9 cm³/mol. The molecule has 4 heteroatoms. The normalized spacial score (nSPS) is 38.6. The lowest BCUT2D eigenvalue weighted by Crippen LogP contribution is -1.99. The van der Waals surface area contributed by atoms with Crippen LogP contribution in [-0.2, 0) is 0 Å². The van der Waals surface area contributed by atoms with Crippen LogP contribution < -0.4 is 5.73 Å². The van der Waals surface area contributed by atoms with Crippen molar-refractivity contribution in [1.82, 2.24) is 10.2 Å². The number of nitrogens with zero attached hydrogens (tertiary/aromatic N) is 1. The molecule has 2 aromatic heterocycles. The Kier molecular flexibility index (Phi) is 1.89. The fourth-order valence-corrected chi connectivity index (χ4v) is 5.80. The zero-order valence-corrected chi connectivity index (χ0v) is 11.5. The van der Waals surface area contributed by atoms with E-state index in [1.807, 2.05) is 0 Å². The van der Waals surface area contributed by atoms with Crippen LogP contribution in [0.5, 0.6) is 0 Å². The molecule has 3 nitrogen and oxygen atoms in total. The summed E-state index contributed by atoms with van der Waals surface area (Å²) >= 11 is 1.76. The average molecular weight is 271 g/mol. The van der Waals surface area contributed by atoms with Crippen LogP contribution >= 0.6 is 11.3 Å². The van der Waals surface area contributed by atoms with Gasteiger partial charge in [-0.3, -0.25) is 5.10 Å². The summed E-state index contributed by atoms with van der Waals surface area (Å²) in [5, 5.41) is 9.66. The SMILES string of the molecule is Nc1n[nH]c(C2C3C4CCC(C4)C23)c1-c1cccs1. The Balaban J connectivity index is 1.58. The maximum absolute atomic E-state index is 6.10. The summed E-state index contributed by atoms with van der Waals surface area (Å²) in [7, 11) is 0. The largest absolute Gasteiger partial charge is 0.382 e. The Morgan fingerprint density at radius 2 is 2.05 bits per heavy atom. The van der Waals surface area contributed by atoms with E-state index in [1.165, 1.54) is 35.4 Å². The van der Waals surface area contributed by atoms with Crippen molar-refractivity contribution < 1.29 is 0 Å². The highest BCUT2D eigenvalue weighted by Crippen LogP contribution is 2.73. The third kappa shape index (κ3) is 1.25. The van der Waals surface area contributed by atoms with Gasteiger partial charge in [0.05, 0.1) is 5.56 Å². The van der Waals surface area contributed by atoms with Crippen molar-refractivity contribution >= 4 is 17.2 Å². The van der Waals surface area contributed by atoms with Gasteiger partial charge in [0.15, 0.2) is 5.82 Å². The van der Waals surface area contributed by atoms with Gasteiger partial charge in [0, 0.05) is 16.5 Å². The second-order valence-electron chi connectivity index (χ2n) is 6.39. The Morgan fingerprint density at radius 3 is 2.74 bits per heavy atom. The first-order valence-electron chi connectivity index (χ1n) is 7.22. The van der Waals surface area contributed by atoms with Crippen molar-refractivity contribution in [3.63, 3.8) is 0 Å². The molecule has 0 radical (unpaired) electrons. The Hall–Kier alpha value is -1.29. The van der Waals surface area contributed by atoms with E-state index in [0.29, 0.717) is 11.7 Å². The highest BCUT2D eigenvalue weighted by atomic mass is 32.1. The van der Waals surface area contributed by atoms with Crippen molar-refractivity contribution in [2.24, 2.45) is 23.7 Å². The molecule has 0 aromatic carbocycles. The first-order chi connectivity index (χ1) is 9.34. The molecule has 0 aliphatic heterocycles. The second-order valence-corrected chi connectivity index (χ2v) is 7.34. The maximum Gasteiger partial charge on any atom is 0.154 e. The molecule has 19 heavy (non-hydrogen) atoms. The first-order valence-corrected chi connectivity index (χ1v) is 8.10. The maximum atomic E-state index is 6.10. The van der Waals surface area contributed by atoms with Crippen LogP contribution in [0.15, 0.2) is 17.5 Å². The van der Waals surface area contributed by atoms with Gasteiger partial charge >= 0.3 is 0 Å². The molecule has 3 aliphatic rings. The van der Waals surface area contributed by atoms with Gasteiger partial charge in [0.1, 0.15) is 0 Å². The first kappa shape index (κ1) is 10.5. The zero-order chi connectivity index (χ0) is 12.6. The number of nitrogen functional groups attached to an aromatic ring is 1. The van der Waals surface area contributed by atoms with Crippen LogP contribution in [0.3, 0.4) is 0 Å². The molecule has 3 saturated carbocycles. The summed E-state index contributed by atoms with van der Waals surface area (Å²) in [5.41, 5.74) is 8.61. The lowest BCUT2D eigenvalue weighted by molar-refractivity contribution is 0.456. The zero-order valence-electron chi connectivity index (χ0n) is 10.7. The summed E-state index contributed by atoms with van der Waals surface area (Å²) in [6.45, 7) is 0. The lowest BCUT2D eigenvalue weighted by atomic mass is 9.98. The predicted octanol–water partition coefficient (Wildman–Crippen LogP) is 3.48. The van der Waals surface area contributed by atoms with E-state index in [2.05, 4.69) is 27.7 Å². The number of fused-ring (bicyclic) bond motifs is 5. The number of anilines is 1. The molecule has 4 unspecified atom stereocenters. The molecule has 2 bridgehead atoms. The minimum Gasteiger partial charge on any atom is -0.382 e. The lowest BCUT2D eigenvalue weighted by Gasteiger charge is -2.08. The van der Waals surface area contributed by atoms with Crippen LogP contribution in [0.1, 0.15) is 30.9 Å². The summed E-state index contributed by atoms with van der Waals surface area (Å²) in [4.78, 5) is 1.26. The van der Waals surface area contributed by atoms with Gasteiger partial charge in [-0.15, -0.1) is 11.3 Å². The standard InChI is InChI=1S/C15H17N3S/c16-15-12(9-2-1-5-19-9)14(17-18-15)13-10-7-3-4-8(6-7)11(10)13/h1-2,5,7-8,10-11,13H,3-4,6H2,(H3,16,17,18). The molecule has 5 rings (SSSR count). The van der Waals surface area contributed by atoms with Gasteiger partial charge in [-0.05, 0) is 54.4 Å². The van der Waals surface area contributed by atoms with Crippen molar-refractivity contribution in [3.05, 3.63) is 23.2 Å². The number of aromatic nitrogens is 2. The topological polar surface area (TPSA) is 54.7 Å². The van der Waals surface area contributed by atoms with E-state index < -0.39 is 0 Å². The number of nitrogens with one attached hydrogen (secondary N) is 1. The van der Waals surface area contributed by atoms with Crippen LogP contribution in [0.4, 0.5) is 5.82 Å². The number of nitrogens with two attached hydrogens (primary N) is 1. The number of aromatic amines is 1. The van der Waals surface area contributed by atoms with Crippen molar-refractivity contribution in [3.8, 4) is 10.4 Å². The van der Waals surface area contributed by atoms with Crippen LogP contribution in [0, 0.1) is 23.7 Å². The van der Waals surface area contributed by atoms with Gasteiger partial charge in [0.2, 0.25) is 0 Å². The third-order valence-electron chi connectivity index (χ3n) is 5.66. The minimum atomic E-state index is 0.676. The molecule has 0 amide bonds. The molecule has 0 saturated heterocycles. The van der Waals surface area contributed by atoms with Crippen molar-refractivity contribution in [2.75, 3.05) is 5.73 Å². The van der Waals surface area contributed by atoms with Gasteiger partial charge in [-0.25, -0.2) is 0 Å². The third-order valence-corrected chi connectivity index (χ3v) is 6.55. The minimum absolute atomic E-state index is 0.676. The summed E-state index contributed by atoms with van der Waals surface area (Å²) in [6.07, 6.45) is 4.41. The number of thiophene rings is 1. The van der Waals surface area contributed by atoms with Gasteiger partial charge in [-0.2, -0.15) is 5.10 Å². The molecule has 3 N–H and O–H groups in total. The molecule has 2 heterocycles. The highest BCUT2D eigenvalue weighted by molar-refractivity contribution is 7.13. The molecule has 0 spiro atoms. The monoisotopic (exact) mass is 271 g/mol. The van der Waals surface area contributed by atoms with Crippen molar-refractivity contribution in [1.29, 1.82) is 0 Å². The molecular formula is C15H17N3S.